The largest absolute Gasteiger partial charge is 0.367 e. The minimum atomic E-state index is -4.72. The zero-order chi connectivity index (χ0) is 13.5. The Morgan fingerprint density at radius 1 is 1.16 bits per heavy atom. The van der Waals surface area contributed by atoms with Gasteiger partial charge in [-0.25, -0.2) is 0 Å². The first-order chi connectivity index (χ1) is 8.38. The lowest BCUT2D eigenvalue weighted by Crippen LogP contribution is -2.39. The number of fused-ring (bicyclic) bond motifs is 1. The Morgan fingerprint density at radius 3 is 2.26 bits per heavy atom. The van der Waals surface area contributed by atoms with Gasteiger partial charge in [0.1, 0.15) is 0 Å². The molecular weight excluding hydrogens is 296 g/mol. The van der Waals surface area contributed by atoms with Crippen LogP contribution in [-0.4, -0.2) is 35.0 Å². The summed E-state index contributed by atoms with van der Waals surface area (Å²) in [5.41, 5.74) is 7.56. The second-order valence-corrected chi connectivity index (χ2v) is 5.13. The van der Waals surface area contributed by atoms with Gasteiger partial charge in [-0.3, -0.25) is 14.1 Å². The van der Waals surface area contributed by atoms with Crippen LogP contribution >= 0.6 is 12.4 Å². The number of hydrogen-bond donors (Lipinski definition) is 1. The van der Waals surface area contributed by atoms with Crippen LogP contribution in [0.1, 0.15) is 21.2 Å². The number of carbonyl (C=O) groups is 2. The Bertz CT molecular complexity index is 721. The molecule has 0 aliphatic heterocycles. The van der Waals surface area contributed by atoms with Crippen LogP contribution in [0.3, 0.4) is 0 Å². The summed E-state index contributed by atoms with van der Waals surface area (Å²) in [6.45, 7) is 0. The zero-order valence-corrected chi connectivity index (χ0v) is 10.8. The van der Waals surface area contributed by atoms with E-state index in [1.165, 1.54) is 24.3 Å². The van der Waals surface area contributed by atoms with Gasteiger partial charge in [0, 0.05) is 5.56 Å². The van der Waals surface area contributed by atoms with Crippen molar-refractivity contribution >= 4 is 39.8 Å². The Hall–Kier alpha value is -1.86. The van der Waals surface area contributed by atoms with E-state index in [4.69, 9.17) is 10.1 Å². The van der Waals surface area contributed by atoms with Crippen molar-refractivity contribution in [2.24, 2.45) is 0 Å². The summed E-state index contributed by atoms with van der Waals surface area (Å²) in [6.07, 6.45) is 0. The highest BCUT2D eigenvalue weighted by molar-refractivity contribution is 7.87. The van der Waals surface area contributed by atoms with Crippen LogP contribution in [0.5, 0.6) is 0 Å². The average molecular weight is 303 g/mol. The van der Waals surface area contributed by atoms with Crippen molar-refractivity contribution in [2.45, 2.75) is 5.25 Å². The van der Waals surface area contributed by atoms with Gasteiger partial charge in [-0.05, 0) is 5.56 Å². The maximum absolute atomic E-state index is 11.6. The predicted octanol–water partition coefficient (Wildman–Crippen LogP) is 0.474. The molecule has 0 radical (unpaired) electrons. The molecule has 0 fully saturated rings. The van der Waals surface area contributed by atoms with Gasteiger partial charge in [0.15, 0.2) is 0 Å². The molecule has 0 saturated heterocycles. The molecule has 19 heavy (non-hydrogen) atoms. The standard InChI is InChI=1S/C10H6N2O5S.ClH/c11-12-7-9(14)8(13)5-3-1-2-4-6(5)10(7)18(15,16)17;/h1-4,10H,(H,15,16,17);1H. The SMILES string of the molecule is Cl.[N-]=[N+]=C1C(=O)C(=O)c2ccccc2C1S(=O)(=O)O. The number of Topliss-reactive ketones (excluding diaryl/α,β-unsaturated/α-hetero) is 2. The quantitative estimate of drug-likeness (QED) is 0.349. The van der Waals surface area contributed by atoms with Crippen molar-refractivity contribution in [3.05, 3.63) is 40.9 Å². The molecule has 0 spiro atoms. The Morgan fingerprint density at radius 2 is 1.74 bits per heavy atom. The molecule has 1 aromatic carbocycles. The van der Waals surface area contributed by atoms with Crippen LogP contribution in [0.25, 0.3) is 5.53 Å². The van der Waals surface area contributed by atoms with Gasteiger partial charge in [-0.15, -0.1) is 12.4 Å². The van der Waals surface area contributed by atoms with Crippen molar-refractivity contribution in [2.75, 3.05) is 0 Å². The predicted molar refractivity (Wildman–Crippen MR) is 65.9 cm³/mol. The molecule has 1 aliphatic carbocycles. The minimum Gasteiger partial charge on any atom is -0.361 e. The molecular formula is C10H7ClN2O5S. The lowest BCUT2D eigenvalue weighted by molar-refractivity contribution is -0.114. The maximum Gasteiger partial charge on any atom is 0.367 e. The highest BCUT2D eigenvalue weighted by atomic mass is 35.5. The number of nitrogens with zero attached hydrogens (tertiary/aromatic N) is 2. The first kappa shape index (κ1) is 15.2. The summed E-state index contributed by atoms with van der Waals surface area (Å²) in [4.78, 5) is 25.7. The molecule has 100 valence electrons. The summed E-state index contributed by atoms with van der Waals surface area (Å²) in [7, 11) is -4.72. The molecule has 0 heterocycles. The van der Waals surface area contributed by atoms with E-state index in [0.717, 1.165) is 0 Å². The summed E-state index contributed by atoms with van der Waals surface area (Å²) >= 11 is 0. The van der Waals surface area contributed by atoms with E-state index in [9.17, 15) is 18.0 Å². The topological polar surface area (TPSA) is 125 Å². The molecule has 0 bridgehead atoms. The average Bonchev–Trinajstić information content (AvgIpc) is 2.32. The molecule has 9 heteroatoms. The number of hydrogen-bond acceptors (Lipinski definition) is 4. The molecule has 7 nitrogen and oxygen atoms in total. The highest BCUT2D eigenvalue weighted by Crippen LogP contribution is 2.31. The molecule has 1 N–H and O–H groups in total. The van der Waals surface area contributed by atoms with Gasteiger partial charge in [-0.2, -0.15) is 13.2 Å². The molecule has 2 rings (SSSR count). The van der Waals surface area contributed by atoms with Gasteiger partial charge >= 0.3 is 11.5 Å². The van der Waals surface area contributed by atoms with E-state index in [0.29, 0.717) is 0 Å². The zero-order valence-electron chi connectivity index (χ0n) is 9.18. The van der Waals surface area contributed by atoms with Crippen molar-refractivity contribution < 1.29 is 27.3 Å². The van der Waals surface area contributed by atoms with Crippen molar-refractivity contribution in [1.29, 1.82) is 0 Å². The van der Waals surface area contributed by atoms with Gasteiger partial charge in [-0.1, -0.05) is 24.3 Å². The van der Waals surface area contributed by atoms with Crippen LogP contribution in [0.15, 0.2) is 24.3 Å². The summed E-state index contributed by atoms with van der Waals surface area (Å²) < 4.78 is 31.7. The Balaban J connectivity index is 0.00000180. The van der Waals surface area contributed by atoms with E-state index >= 15 is 0 Å². The fourth-order valence-electron chi connectivity index (χ4n) is 1.84. The first-order valence-electron chi connectivity index (χ1n) is 4.74. The second kappa shape index (κ2) is 5.02. The van der Waals surface area contributed by atoms with Gasteiger partial charge < -0.3 is 5.53 Å². The number of halogens is 1. The van der Waals surface area contributed by atoms with Crippen LogP contribution in [0, 0.1) is 0 Å². The van der Waals surface area contributed by atoms with E-state index < -0.39 is 32.6 Å². The van der Waals surface area contributed by atoms with Gasteiger partial charge in [0.25, 0.3) is 10.1 Å². The summed E-state index contributed by atoms with van der Waals surface area (Å²) in [5.74, 6) is -2.22. The normalized spacial score (nSPS) is 18.4. The van der Waals surface area contributed by atoms with Crippen LogP contribution in [0.4, 0.5) is 0 Å². The first-order valence-corrected chi connectivity index (χ1v) is 6.24. The molecule has 1 aromatic rings. The summed E-state index contributed by atoms with van der Waals surface area (Å²) in [5, 5.41) is -1.84. The lowest BCUT2D eigenvalue weighted by atomic mass is 9.88. The smallest absolute Gasteiger partial charge is 0.361 e. The number of rotatable bonds is 1. The maximum atomic E-state index is 11.6. The highest BCUT2D eigenvalue weighted by Gasteiger charge is 2.50. The number of ketones is 2. The number of carbonyl (C=O) groups excluding carboxylic acids is 2. The van der Waals surface area contributed by atoms with Gasteiger partial charge in [0.05, 0.1) is 0 Å². The monoisotopic (exact) mass is 302 g/mol. The van der Waals surface area contributed by atoms with Gasteiger partial charge in [0.2, 0.25) is 11.0 Å². The molecule has 1 aliphatic rings. The molecule has 1 unspecified atom stereocenters. The van der Waals surface area contributed by atoms with E-state index in [1.807, 2.05) is 0 Å². The molecule has 0 saturated carbocycles. The number of benzene rings is 1. The summed E-state index contributed by atoms with van der Waals surface area (Å²) in [6, 6.07) is 5.42. The van der Waals surface area contributed by atoms with Crippen molar-refractivity contribution in [3.8, 4) is 0 Å². The Labute approximate surface area is 114 Å². The molecule has 0 amide bonds. The second-order valence-electron chi connectivity index (χ2n) is 3.63. The molecule has 1 atom stereocenters. The van der Waals surface area contributed by atoms with Crippen molar-refractivity contribution in [3.63, 3.8) is 0 Å². The van der Waals surface area contributed by atoms with Crippen LogP contribution < -0.4 is 0 Å². The van der Waals surface area contributed by atoms with E-state index in [2.05, 4.69) is 4.79 Å². The van der Waals surface area contributed by atoms with E-state index in [1.54, 1.807) is 0 Å². The van der Waals surface area contributed by atoms with Crippen LogP contribution in [-0.2, 0) is 14.9 Å². The lowest BCUT2D eigenvalue weighted by Gasteiger charge is -2.17. The fourth-order valence-corrected chi connectivity index (χ4v) is 2.80. The Kier molecular flexibility index (Phi) is 4.02. The molecule has 0 aromatic heterocycles. The third kappa shape index (κ3) is 2.34. The van der Waals surface area contributed by atoms with Crippen LogP contribution in [0.2, 0.25) is 0 Å². The minimum absolute atomic E-state index is 0. The fraction of sp³-hybridized carbons (Fsp3) is 0.100. The third-order valence-electron chi connectivity index (χ3n) is 2.58. The van der Waals surface area contributed by atoms with E-state index in [-0.39, 0.29) is 23.5 Å². The third-order valence-corrected chi connectivity index (χ3v) is 3.65. The van der Waals surface area contributed by atoms with Crippen molar-refractivity contribution in [1.82, 2.24) is 0 Å².